The van der Waals surface area contributed by atoms with Crippen LogP contribution in [0.3, 0.4) is 0 Å². The molecule has 0 saturated carbocycles. The van der Waals surface area contributed by atoms with Gasteiger partial charge in [-0.05, 0) is 47.9 Å². The van der Waals surface area contributed by atoms with Gasteiger partial charge in [0.1, 0.15) is 12.4 Å². The quantitative estimate of drug-likeness (QED) is 0.399. The second-order valence-corrected chi connectivity index (χ2v) is 8.33. The lowest BCUT2D eigenvalue weighted by molar-refractivity contribution is -0.138. The first-order valence-corrected chi connectivity index (χ1v) is 11.4. The van der Waals surface area contributed by atoms with Crippen molar-refractivity contribution in [1.82, 2.24) is 10.6 Å². The number of hydrogen-bond donors (Lipinski definition) is 2. The van der Waals surface area contributed by atoms with Crippen LogP contribution in [0.1, 0.15) is 29.7 Å². The van der Waals surface area contributed by atoms with Crippen LogP contribution in [0.2, 0.25) is 10.0 Å². The van der Waals surface area contributed by atoms with Crippen molar-refractivity contribution in [1.29, 1.82) is 0 Å². The molecular weight excluding hydrogens is 475 g/mol. The smallest absolute Gasteiger partial charge is 0.338 e. The van der Waals surface area contributed by atoms with E-state index >= 15 is 0 Å². The topological polar surface area (TPSA) is 76.7 Å². The Kier molecular flexibility index (Phi) is 7.40. The van der Waals surface area contributed by atoms with E-state index in [0.29, 0.717) is 44.8 Å². The average Bonchev–Trinajstić information content (AvgIpc) is 2.85. The van der Waals surface area contributed by atoms with Crippen molar-refractivity contribution in [2.45, 2.75) is 19.6 Å². The fourth-order valence-electron chi connectivity index (χ4n) is 3.63. The van der Waals surface area contributed by atoms with Gasteiger partial charge in [-0.2, -0.15) is 0 Å². The van der Waals surface area contributed by atoms with Gasteiger partial charge in [0, 0.05) is 0 Å². The molecule has 1 aliphatic heterocycles. The van der Waals surface area contributed by atoms with E-state index in [1.807, 2.05) is 48.5 Å². The van der Waals surface area contributed by atoms with Gasteiger partial charge < -0.3 is 20.1 Å². The first-order chi connectivity index (χ1) is 16.5. The summed E-state index contributed by atoms with van der Waals surface area (Å²) in [5, 5.41) is 6.55. The summed E-state index contributed by atoms with van der Waals surface area (Å²) in [5.41, 5.74) is 3.06. The lowest BCUT2D eigenvalue weighted by Crippen LogP contribution is -2.45. The van der Waals surface area contributed by atoms with Crippen LogP contribution in [0.15, 0.2) is 78.4 Å². The SMILES string of the molecule is CCOC(=O)C1=C(c2ccccc2)NC(=O)NC1c1ccc(OCc2ccc(Cl)c(Cl)c2)cc1. The molecule has 0 spiro atoms. The maximum absolute atomic E-state index is 12.9. The summed E-state index contributed by atoms with van der Waals surface area (Å²) in [4.78, 5) is 25.4. The highest BCUT2D eigenvalue weighted by Crippen LogP contribution is 2.33. The number of carbonyl (C=O) groups excluding carboxylic acids is 2. The van der Waals surface area contributed by atoms with Crippen LogP contribution in [0.4, 0.5) is 4.79 Å². The third-order valence-electron chi connectivity index (χ3n) is 5.23. The summed E-state index contributed by atoms with van der Waals surface area (Å²) in [6.07, 6.45) is 0. The highest BCUT2D eigenvalue weighted by atomic mass is 35.5. The molecule has 0 aliphatic carbocycles. The number of urea groups is 1. The molecule has 1 heterocycles. The maximum atomic E-state index is 12.9. The van der Waals surface area contributed by atoms with E-state index in [2.05, 4.69) is 10.6 Å². The number of nitrogens with one attached hydrogen (secondary N) is 2. The van der Waals surface area contributed by atoms with Gasteiger partial charge in [-0.1, -0.05) is 71.7 Å². The minimum atomic E-state index is -0.688. The van der Waals surface area contributed by atoms with Crippen LogP contribution in [0.5, 0.6) is 5.75 Å². The second kappa shape index (κ2) is 10.6. The molecule has 0 bridgehead atoms. The first kappa shape index (κ1) is 23.7. The molecule has 3 aromatic carbocycles. The molecule has 0 aromatic heterocycles. The van der Waals surface area contributed by atoms with Crippen LogP contribution < -0.4 is 15.4 Å². The van der Waals surface area contributed by atoms with Crippen molar-refractivity contribution in [2.24, 2.45) is 0 Å². The standard InChI is InChI=1S/C26H22Cl2N2O4/c1-2-33-25(31)22-23(17-6-4-3-5-7-17)29-26(32)30-24(22)18-9-11-19(12-10-18)34-15-16-8-13-20(27)21(28)14-16/h3-14,24H,2,15H2,1H3,(H2,29,30,32). The Morgan fingerprint density at radius 3 is 2.38 bits per heavy atom. The Morgan fingerprint density at radius 1 is 0.971 bits per heavy atom. The zero-order valence-corrected chi connectivity index (χ0v) is 19.8. The van der Waals surface area contributed by atoms with Gasteiger partial charge in [-0.3, -0.25) is 0 Å². The summed E-state index contributed by atoms with van der Waals surface area (Å²) in [6.45, 7) is 2.27. The predicted molar refractivity (Wildman–Crippen MR) is 132 cm³/mol. The Balaban J connectivity index is 1.61. The average molecular weight is 497 g/mol. The fourth-order valence-corrected chi connectivity index (χ4v) is 3.95. The van der Waals surface area contributed by atoms with Crippen LogP contribution in [-0.2, 0) is 16.1 Å². The highest BCUT2D eigenvalue weighted by molar-refractivity contribution is 6.42. The van der Waals surface area contributed by atoms with Gasteiger partial charge in [0.2, 0.25) is 0 Å². The largest absolute Gasteiger partial charge is 0.489 e. The lowest BCUT2D eigenvalue weighted by atomic mass is 9.92. The third-order valence-corrected chi connectivity index (χ3v) is 5.97. The Hall–Kier alpha value is -3.48. The second-order valence-electron chi connectivity index (χ2n) is 7.51. The minimum Gasteiger partial charge on any atom is -0.489 e. The van der Waals surface area contributed by atoms with Gasteiger partial charge >= 0.3 is 12.0 Å². The lowest BCUT2D eigenvalue weighted by Gasteiger charge is -2.29. The number of rotatable bonds is 7. The predicted octanol–water partition coefficient (Wildman–Crippen LogP) is 5.90. The van der Waals surface area contributed by atoms with Crippen molar-refractivity contribution >= 4 is 40.9 Å². The van der Waals surface area contributed by atoms with Gasteiger partial charge in [0.25, 0.3) is 0 Å². The maximum Gasteiger partial charge on any atom is 0.338 e. The Morgan fingerprint density at radius 2 is 1.71 bits per heavy atom. The van der Waals surface area contributed by atoms with Crippen molar-refractivity contribution in [3.63, 3.8) is 0 Å². The summed E-state index contributed by atoms with van der Waals surface area (Å²) in [6, 6.07) is 20.6. The van der Waals surface area contributed by atoms with Gasteiger partial charge in [-0.25, -0.2) is 9.59 Å². The molecule has 0 saturated heterocycles. The van der Waals surface area contributed by atoms with E-state index in [1.165, 1.54) is 0 Å². The highest BCUT2D eigenvalue weighted by Gasteiger charge is 2.34. The Bertz CT molecular complexity index is 1230. The number of hydrogen-bond acceptors (Lipinski definition) is 4. The van der Waals surface area contributed by atoms with Crippen molar-refractivity contribution in [2.75, 3.05) is 6.61 Å². The van der Waals surface area contributed by atoms with Crippen molar-refractivity contribution in [3.8, 4) is 5.75 Å². The van der Waals surface area contributed by atoms with E-state index in [1.54, 1.807) is 31.2 Å². The number of carbonyl (C=O) groups is 2. The number of benzene rings is 3. The molecular formula is C26H22Cl2N2O4. The normalized spacial score (nSPS) is 15.4. The molecule has 1 atom stereocenters. The van der Waals surface area contributed by atoms with Gasteiger partial charge in [0.05, 0.1) is 34.0 Å². The fraction of sp³-hybridized carbons (Fsp3) is 0.154. The van der Waals surface area contributed by atoms with Gasteiger partial charge in [-0.15, -0.1) is 0 Å². The molecule has 6 nitrogen and oxygen atoms in total. The van der Waals surface area contributed by atoms with E-state index in [0.717, 1.165) is 5.56 Å². The molecule has 2 amide bonds. The van der Waals surface area contributed by atoms with Gasteiger partial charge in [0.15, 0.2) is 0 Å². The summed E-state index contributed by atoms with van der Waals surface area (Å²) < 4.78 is 11.2. The molecule has 8 heteroatoms. The Labute approximate surface area is 207 Å². The molecule has 2 N–H and O–H groups in total. The molecule has 0 fully saturated rings. The molecule has 174 valence electrons. The number of esters is 1. The zero-order valence-electron chi connectivity index (χ0n) is 18.3. The third kappa shape index (κ3) is 5.35. The van der Waals surface area contributed by atoms with Crippen LogP contribution in [-0.4, -0.2) is 18.6 Å². The summed E-state index contributed by atoms with van der Waals surface area (Å²) in [5.74, 6) is 0.124. The van der Waals surface area contributed by atoms with E-state index in [-0.39, 0.29) is 6.61 Å². The molecule has 1 unspecified atom stereocenters. The summed E-state index contributed by atoms with van der Waals surface area (Å²) >= 11 is 12.0. The van der Waals surface area contributed by atoms with Crippen LogP contribution >= 0.6 is 23.2 Å². The summed E-state index contributed by atoms with van der Waals surface area (Å²) in [7, 11) is 0. The van der Waals surface area contributed by atoms with Crippen LogP contribution in [0.25, 0.3) is 5.70 Å². The van der Waals surface area contributed by atoms with E-state index in [9.17, 15) is 9.59 Å². The zero-order chi connectivity index (χ0) is 24.1. The first-order valence-electron chi connectivity index (χ1n) is 10.7. The number of halogens is 2. The number of ether oxygens (including phenoxy) is 2. The molecule has 0 radical (unpaired) electrons. The molecule has 3 aromatic rings. The minimum absolute atomic E-state index is 0.215. The monoisotopic (exact) mass is 496 g/mol. The van der Waals surface area contributed by atoms with E-state index < -0.39 is 18.0 Å². The van der Waals surface area contributed by atoms with E-state index in [4.69, 9.17) is 32.7 Å². The molecule has 4 rings (SSSR count). The molecule has 1 aliphatic rings. The molecule has 34 heavy (non-hydrogen) atoms. The number of amides is 2. The van der Waals surface area contributed by atoms with Crippen molar-refractivity contribution < 1.29 is 19.1 Å². The van der Waals surface area contributed by atoms with Crippen LogP contribution in [0, 0.1) is 0 Å². The van der Waals surface area contributed by atoms with Crippen molar-refractivity contribution in [3.05, 3.63) is 105 Å².